The van der Waals surface area contributed by atoms with Crippen molar-refractivity contribution in [2.24, 2.45) is 0 Å². The third kappa shape index (κ3) is 3.51. The molecule has 0 fully saturated rings. The van der Waals surface area contributed by atoms with Crippen LogP contribution in [0.4, 0.5) is 10.2 Å². The second-order valence-corrected chi connectivity index (χ2v) is 7.51. The van der Waals surface area contributed by atoms with Gasteiger partial charge in [-0.1, -0.05) is 23.2 Å². The van der Waals surface area contributed by atoms with Crippen LogP contribution in [-0.4, -0.2) is 19.7 Å². The standard InChI is InChI=1S/C14H13Cl2FN2O2S/c1-8(12-9(15)5-6-10(17)13(12)16)19-14-11(22(2,20)21)4-3-7-18-14/h3-8H,1-2H3,(H,18,19). The molecule has 22 heavy (non-hydrogen) atoms. The molecule has 1 aromatic carbocycles. The summed E-state index contributed by atoms with van der Waals surface area (Å²) in [5.74, 6) is -0.437. The number of nitrogens with one attached hydrogen (secondary N) is 1. The number of rotatable bonds is 4. The zero-order valence-corrected chi connectivity index (χ0v) is 14.1. The van der Waals surface area contributed by atoms with Crippen molar-refractivity contribution >= 4 is 38.9 Å². The summed E-state index contributed by atoms with van der Waals surface area (Å²) in [6.07, 6.45) is 2.54. The fourth-order valence-electron chi connectivity index (χ4n) is 2.02. The van der Waals surface area contributed by atoms with Crippen LogP contribution >= 0.6 is 23.2 Å². The number of hydrogen-bond acceptors (Lipinski definition) is 4. The summed E-state index contributed by atoms with van der Waals surface area (Å²) < 4.78 is 37.1. The van der Waals surface area contributed by atoms with E-state index in [-0.39, 0.29) is 20.8 Å². The number of benzene rings is 1. The Morgan fingerprint density at radius 1 is 1.27 bits per heavy atom. The highest BCUT2D eigenvalue weighted by molar-refractivity contribution is 7.90. The summed E-state index contributed by atoms with van der Waals surface area (Å²) >= 11 is 12.0. The molecule has 0 spiro atoms. The third-order valence-corrected chi connectivity index (χ3v) is 4.88. The first-order valence-electron chi connectivity index (χ1n) is 6.27. The van der Waals surface area contributed by atoms with Crippen LogP contribution in [0.3, 0.4) is 0 Å². The van der Waals surface area contributed by atoms with Gasteiger partial charge in [0, 0.05) is 23.0 Å². The van der Waals surface area contributed by atoms with Crippen LogP contribution in [0.15, 0.2) is 35.4 Å². The quantitative estimate of drug-likeness (QED) is 0.831. The third-order valence-electron chi connectivity index (χ3n) is 3.04. The molecule has 118 valence electrons. The lowest BCUT2D eigenvalue weighted by molar-refractivity contribution is 0.601. The van der Waals surface area contributed by atoms with Gasteiger partial charge in [0.15, 0.2) is 9.84 Å². The van der Waals surface area contributed by atoms with Crippen molar-refractivity contribution in [2.75, 3.05) is 11.6 Å². The van der Waals surface area contributed by atoms with E-state index >= 15 is 0 Å². The Labute approximate surface area is 138 Å². The number of nitrogens with zero attached hydrogens (tertiary/aromatic N) is 1. The molecular weight excluding hydrogens is 350 g/mol. The van der Waals surface area contributed by atoms with Gasteiger partial charge in [0.05, 0.1) is 11.1 Å². The van der Waals surface area contributed by atoms with Crippen LogP contribution in [0.25, 0.3) is 0 Å². The number of halogens is 3. The molecule has 0 aliphatic rings. The van der Waals surface area contributed by atoms with Crippen molar-refractivity contribution in [3.63, 3.8) is 0 Å². The largest absolute Gasteiger partial charge is 0.362 e. The summed E-state index contributed by atoms with van der Waals surface area (Å²) in [6, 6.07) is 4.99. The van der Waals surface area contributed by atoms with E-state index in [2.05, 4.69) is 10.3 Å². The first-order valence-corrected chi connectivity index (χ1v) is 8.91. The van der Waals surface area contributed by atoms with Crippen molar-refractivity contribution in [3.05, 3.63) is 51.9 Å². The van der Waals surface area contributed by atoms with Crippen LogP contribution < -0.4 is 5.32 Å². The molecule has 0 radical (unpaired) electrons. The molecule has 4 nitrogen and oxygen atoms in total. The number of pyridine rings is 1. The van der Waals surface area contributed by atoms with Crippen LogP contribution in [0, 0.1) is 5.82 Å². The Balaban J connectivity index is 2.43. The second kappa shape index (κ2) is 6.40. The van der Waals surface area contributed by atoms with E-state index < -0.39 is 21.7 Å². The minimum atomic E-state index is -3.45. The second-order valence-electron chi connectivity index (χ2n) is 4.75. The van der Waals surface area contributed by atoms with E-state index in [1.165, 1.54) is 30.5 Å². The number of aromatic nitrogens is 1. The van der Waals surface area contributed by atoms with Gasteiger partial charge < -0.3 is 5.32 Å². The molecule has 2 rings (SSSR count). The lowest BCUT2D eigenvalue weighted by Crippen LogP contribution is -2.13. The van der Waals surface area contributed by atoms with E-state index in [1.54, 1.807) is 6.92 Å². The first kappa shape index (κ1) is 17.0. The van der Waals surface area contributed by atoms with Crippen LogP contribution in [-0.2, 0) is 9.84 Å². The Bertz CT molecular complexity index is 812. The number of sulfone groups is 1. The first-order chi connectivity index (χ1) is 10.2. The molecule has 0 bridgehead atoms. The Hall–Kier alpha value is -1.37. The normalized spacial score (nSPS) is 13.0. The average molecular weight is 363 g/mol. The fraction of sp³-hybridized carbons (Fsp3) is 0.214. The molecule has 0 aliphatic carbocycles. The van der Waals surface area contributed by atoms with Gasteiger partial charge in [-0.3, -0.25) is 0 Å². The molecule has 0 amide bonds. The van der Waals surface area contributed by atoms with Crippen LogP contribution in [0.1, 0.15) is 18.5 Å². The van der Waals surface area contributed by atoms with Crippen LogP contribution in [0.5, 0.6) is 0 Å². The summed E-state index contributed by atoms with van der Waals surface area (Å²) in [5, 5.41) is 3.09. The number of anilines is 1. The minimum Gasteiger partial charge on any atom is -0.362 e. The predicted octanol–water partition coefficient (Wildman–Crippen LogP) is 4.10. The van der Waals surface area contributed by atoms with Crippen molar-refractivity contribution in [3.8, 4) is 0 Å². The lowest BCUT2D eigenvalue weighted by Gasteiger charge is -2.19. The zero-order valence-electron chi connectivity index (χ0n) is 11.8. The topological polar surface area (TPSA) is 59.1 Å². The van der Waals surface area contributed by atoms with E-state index in [0.717, 1.165) is 6.26 Å². The van der Waals surface area contributed by atoms with Crippen molar-refractivity contribution in [1.29, 1.82) is 0 Å². The lowest BCUT2D eigenvalue weighted by atomic mass is 10.1. The Morgan fingerprint density at radius 2 is 1.95 bits per heavy atom. The van der Waals surface area contributed by atoms with Crippen LogP contribution in [0.2, 0.25) is 10.0 Å². The molecule has 0 saturated heterocycles. The van der Waals surface area contributed by atoms with Crippen molar-refractivity contribution in [2.45, 2.75) is 17.9 Å². The predicted molar refractivity (Wildman–Crippen MR) is 85.8 cm³/mol. The molecule has 0 saturated carbocycles. The maximum absolute atomic E-state index is 13.6. The van der Waals surface area contributed by atoms with Gasteiger partial charge >= 0.3 is 0 Å². The van der Waals surface area contributed by atoms with Gasteiger partial charge in [0.2, 0.25) is 0 Å². The maximum Gasteiger partial charge on any atom is 0.179 e. The molecule has 1 aromatic heterocycles. The van der Waals surface area contributed by atoms with Gasteiger partial charge in [-0.25, -0.2) is 17.8 Å². The highest BCUT2D eigenvalue weighted by Crippen LogP contribution is 2.34. The smallest absolute Gasteiger partial charge is 0.179 e. The maximum atomic E-state index is 13.6. The molecular formula is C14H13Cl2FN2O2S. The van der Waals surface area contributed by atoms with E-state index in [1.807, 2.05) is 0 Å². The monoisotopic (exact) mass is 362 g/mol. The average Bonchev–Trinajstić information content (AvgIpc) is 2.43. The zero-order chi connectivity index (χ0) is 16.5. The highest BCUT2D eigenvalue weighted by Gasteiger charge is 2.20. The number of hydrogen-bond donors (Lipinski definition) is 1. The fourth-order valence-corrected chi connectivity index (χ4v) is 3.50. The van der Waals surface area contributed by atoms with E-state index in [9.17, 15) is 12.8 Å². The van der Waals surface area contributed by atoms with Gasteiger partial charge in [-0.2, -0.15) is 0 Å². The summed E-state index contributed by atoms with van der Waals surface area (Å²) in [4.78, 5) is 4.07. The van der Waals surface area contributed by atoms with Crippen molar-refractivity contribution in [1.82, 2.24) is 4.98 Å². The van der Waals surface area contributed by atoms with Crippen molar-refractivity contribution < 1.29 is 12.8 Å². The van der Waals surface area contributed by atoms with Gasteiger partial charge in [-0.15, -0.1) is 0 Å². The van der Waals surface area contributed by atoms with Gasteiger partial charge in [-0.05, 0) is 31.2 Å². The molecule has 2 aromatic rings. The molecule has 1 atom stereocenters. The highest BCUT2D eigenvalue weighted by atomic mass is 35.5. The SMILES string of the molecule is CC(Nc1ncccc1S(C)(=O)=O)c1c(Cl)ccc(F)c1Cl. The minimum absolute atomic E-state index is 0.0468. The summed E-state index contributed by atoms with van der Waals surface area (Å²) in [6.45, 7) is 1.69. The summed E-state index contributed by atoms with van der Waals surface area (Å²) in [5.41, 5.74) is 0.341. The molecule has 1 unspecified atom stereocenters. The molecule has 0 aliphatic heterocycles. The summed E-state index contributed by atoms with van der Waals surface area (Å²) in [7, 11) is -3.45. The Kier molecular flexibility index (Phi) is 4.94. The van der Waals surface area contributed by atoms with E-state index in [0.29, 0.717) is 5.56 Å². The van der Waals surface area contributed by atoms with Gasteiger partial charge in [0.1, 0.15) is 16.5 Å². The Morgan fingerprint density at radius 3 is 2.59 bits per heavy atom. The molecule has 8 heteroatoms. The van der Waals surface area contributed by atoms with Gasteiger partial charge in [0.25, 0.3) is 0 Å². The molecule has 1 N–H and O–H groups in total. The van der Waals surface area contributed by atoms with E-state index in [4.69, 9.17) is 23.2 Å². The molecule has 1 heterocycles.